The molecule has 1 aromatic heterocycles. The largest absolute Gasteiger partial charge is 0.325 e. The van der Waals surface area contributed by atoms with Crippen molar-refractivity contribution in [3.05, 3.63) is 72.3 Å². The van der Waals surface area contributed by atoms with Crippen LogP contribution in [0.4, 0.5) is 5.69 Å². The van der Waals surface area contributed by atoms with Crippen LogP contribution in [0.25, 0.3) is 11.4 Å². The third kappa shape index (κ3) is 4.89. The highest BCUT2D eigenvalue weighted by molar-refractivity contribution is 7.99. The molecule has 5 nitrogen and oxygen atoms in total. The zero-order valence-corrected chi connectivity index (χ0v) is 17.0. The molecule has 3 aromatic rings. The van der Waals surface area contributed by atoms with Crippen LogP contribution >= 0.6 is 11.8 Å². The number of nitrogens with one attached hydrogen (secondary N) is 1. The van der Waals surface area contributed by atoms with Crippen molar-refractivity contribution >= 4 is 23.4 Å². The quantitative estimate of drug-likeness (QED) is 0.445. The lowest BCUT2D eigenvalue weighted by molar-refractivity contribution is -0.113. The molecule has 1 amide bonds. The number of benzene rings is 2. The molecule has 0 fully saturated rings. The molecule has 28 heavy (non-hydrogen) atoms. The second-order valence-electron chi connectivity index (χ2n) is 6.47. The number of anilines is 1. The lowest BCUT2D eigenvalue weighted by Gasteiger charge is -2.09. The van der Waals surface area contributed by atoms with E-state index in [9.17, 15) is 4.79 Å². The van der Waals surface area contributed by atoms with Crippen molar-refractivity contribution in [2.45, 2.75) is 32.0 Å². The van der Waals surface area contributed by atoms with E-state index in [2.05, 4.69) is 41.1 Å². The van der Waals surface area contributed by atoms with Gasteiger partial charge in [-0.15, -0.1) is 16.8 Å². The van der Waals surface area contributed by atoms with Gasteiger partial charge in [-0.25, -0.2) is 0 Å². The maximum Gasteiger partial charge on any atom is 0.234 e. The van der Waals surface area contributed by atoms with Crippen LogP contribution in [-0.2, 0) is 17.8 Å². The Hall–Kier alpha value is -2.86. The lowest BCUT2D eigenvalue weighted by atomic mass is 10.1. The molecule has 0 aliphatic rings. The average Bonchev–Trinajstić information content (AvgIpc) is 3.09. The topological polar surface area (TPSA) is 59.8 Å². The van der Waals surface area contributed by atoms with Crippen LogP contribution in [0.2, 0.25) is 0 Å². The van der Waals surface area contributed by atoms with Gasteiger partial charge < -0.3 is 5.32 Å². The maximum absolute atomic E-state index is 12.4. The van der Waals surface area contributed by atoms with Gasteiger partial charge >= 0.3 is 0 Å². The Labute approximate surface area is 169 Å². The molecule has 0 unspecified atom stereocenters. The number of carbonyl (C=O) groups excluding carboxylic acids is 1. The minimum Gasteiger partial charge on any atom is -0.325 e. The predicted molar refractivity (Wildman–Crippen MR) is 116 cm³/mol. The molecule has 0 saturated carbocycles. The van der Waals surface area contributed by atoms with Crippen molar-refractivity contribution in [3.8, 4) is 11.4 Å². The van der Waals surface area contributed by atoms with Crippen LogP contribution in [0.3, 0.4) is 0 Å². The molecule has 6 heteroatoms. The normalized spacial score (nSPS) is 10.6. The predicted octanol–water partition coefficient (Wildman–Crippen LogP) is 4.73. The first kappa shape index (κ1) is 19.9. The summed E-state index contributed by atoms with van der Waals surface area (Å²) in [5.41, 5.74) is 4.17. The summed E-state index contributed by atoms with van der Waals surface area (Å²) < 4.78 is 1.98. The van der Waals surface area contributed by atoms with Gasteiger partial charge in [-0.2, -0.15) is 0 Å². The van der Waals surface area contributed by atoms with E-state index in [1.54, 1.807) is 0 Å². The Morgan fingerprint density at radius 1 is 1.21 bits per heavy atom. The summed E-state index contributed by atoms with van der Waals surface area (Å²) in [6.07, 6.45) is 2.74. The molecule has 3 rings (SSSR count). The number of thioether (sulfide) groups is 1. The molecule has 0 radical (unpaired) electrons. The Balaban J connectivity index is 1.71. The molecular formula is C22H24N4OS. The second-order valence-corrected chi connectivity index (χ2v) is 7.41. The van der Waals surface area contributed by atoms with Gasteiger partial charge in [0.1, 0.15) is 0 Å². The molecule has 0 aliphatic carbocycles. The number of allylic oxidation sites excluding steroid dienone is 1. The highest BCUT2D eigenvalue weighted by atomic mass is 32.2. The molecule has 0 aliphatic heterocycles. The fourth-order valence-electron chi connectivity index (χ4n) is 2.88. The van der Waals surface area contributed by atoms with Gasteiger partial charge in [0.25, 0.3) is 0 Å². The van der Waals surface area contributed by atoms with Crippen LogP contribution in [0.15, 0.2) is 66.3 Å². The van der Waals surface area contributed by atoms with Crippen LogP contribution in [0.1, 0.15) is 18.1 Å². The molecule has 1 N–H and O–H groups in total. The Bertz CT molecular complexity index is 980. The Kier molecular flexibility index (Phi) is 6.66. The summed E-state index contributed by atoms with van der Waals surface area (Å²) >= 11 is 1.37. The van der Waals surface area contributed by atoms with Gasteiger partial charge in [0.15, 0.2) is 11.0 Å². The molecule has 0 bridgehead atoms. The number of rotatable bonds is 8. The molecule has 0 saturated heterocycles. The van der Waals surface area contributed by atoms with Gasteiger partial charge in [0, 0.05) is 17.8 Å². The molecular weight excluding hydrogens is 368 g/mol. The third-order valence-corrected chi connectivity index (χ3v) is 5.22. The van der Waals surface area contributed by atoms with Crippen molar-refractivity contribution in [1.29, 1.82) is 0 Å². The van der Waals surface area contributed by atoms with E-state index in [-0.39, 0.29) is 11.7 Å². The van der Waals surface area contributed by atoms with Crippen LogP contribution < -0.4 is 5.32 Å². The first-order valence-corrected chi connectivity index (χ1v) is 10.2. The summed E-state index contributed by atoms with van der Waals surface area (Å²) in [6, 6.07) is 16.0. The number of carbonyl (C=O) groups is 1. The molecule has 144 valence electrons. The fraction of sp³-hybridized carbons (Fsp3) is 0.227. The zero-order chi connectivity index (χ0) is 19.9. The minimum atomic E-state index is -0.0662. The van der Waals surface area contributed by atoms with Crippen LogP contribution in [-0.4, -0.2) is 26.4 Å². The number of hydrogen-bond acceptors (Lipinski definition) is 4. The van der Waals surface area contributed by atoms with Gasteiger partial charge in [0.2, 0.25) is 5.91 Å². The summed E-state index contributed by atoms with van der Waals surface area (Å²) in [6.45, 7) is 8.55. The first-order valence-electron chi connectivity index (χ1n) is 9.23. The van der Waals surface area contributed by atoms with Crippen molar-refractivity contribution in [2.75, 3.05) is 11.1 Å². The third-order valence-electron chi connectivity index (χ3n) is 4.26. The van der Waals surface area contributed by atoms with Gasteiger partial charge in [-0.3, -0.25) is 9.36 Å². The van der Waals surface area contributed by atoms with E-state index in [1.165, 1.54) is 17.3 Å². The van der Waals surface area contributed by atoms with Crippen molar-refractivity contribution in [1.82, 2.24) is 14.8 Å². The van der Waals surface area contributed by atoms with E-state index in [0.717, 1.165) is 29.1 Å². The van der Waals surface area contributed by atoms with Gasteiger partial charge in [-0.05, 0) is 37.1 Å². The number of hydrogen-bond donors (Lipinski definition) is 1. The SMILES string of the molecule is C=CCn1c(SCC(=O)Nc2cccc(CC)c2)nnc1-c1cccc(C)c1. The summed E-state index contributed by atoms with van der Waals surface area (Å²) in [5, 5.41) is 12.3. The standard InChI is InChI=1S/C22H24N4OS/c1-4-12-26-21(18-10-6-8-16(3)13-18)24-25-22(26)28-15-20(27)23-19-11-7-9-17(5-2)14-19/h4,6-11,13-14H,1,5,12,15H2,2-3H3,(H,23,27). The van der Waals surface area contributed by atoms with Crippen molar-refractivity contribution < 1.29 is 4.79 Å². The van der Waals surface area contributed by atoms with Crippen LogP contribution in [0.5, 0.6) is 0 Å². The summed E-state index contributed by atoms with van der Waals surface area (Å²) in [7, 11) is 0. The zero-order valence-electron chi connectivity index (χ0n) is 16.2. The number of amides is 1. The first-order chi connectivity index (χ1) is 13.6. The van der Waals surface area contributed by atoms with E-state index in [0.29, 0.717) is 11.7 Å². The Morgan fingerprint density at radius 3 is 2.79 bits per heavy atom. The van der Waals surface area contributed by atoms with Crippen molar-refractivity contribution in [2.24, 2.45) is 0 Å². The van der Waals surface area contributed by atoms with Gasteiger partial charge in [-0.1, -0.05) is 60.7 Å². The van der Waals surface area contributed by atoms with Crippen molar-refractivity contribution in [3.63, 3.8) is 0 Å². The van der Waals surface area contributed by atoms with Crippen LogP contribution in [0, 0.1) is 6.92 Å². The van der Waals surface area contributed by atoms with Gasteiger partial charge in [0.05, 0.1) is 5.75 Å². The summed E-state index contributed by atoms with van der Waals surface area (Å²) in [4.78, 5) is 12.4. The highest BCUT2D eigenvalue weighted by Gasteiger charge is 2.15. The number of aryl methyl sites for hydroxylation is 2. The lowest BCUT2D eigenvalue weighted by Crippen LogP contribution is -2.14. The van der Waals surface area contributed by atoms with E-state index in [1.807, 2.05) is 54.0 Å². The minimum absolute atomic E-state index is 0.0662. The van der Waals surface area contributed by atoms with E-state index >= 15 is 0 Å². The highest BCUT2D eigenvalue weighted by Crippen LogP contribution is 2.25. The average molecular weight is 393 g/mol. The maximum atomic E-state index is 12.4. The monoisotopic (exact) mass is 392 g/mol. The molecule has 2 aromatic carbocycles. The fourth-order valence-corrected chi connectivity index (χ4v) is 3.63. The molecule has 1 heterocycles. The smallest absolute Gasteiger partial charge is 0.234 e. The van der Waals surface area contributed by atoms with E-state index in [4.69, 9.17) is 0 Å². The summed E-state index contributed by atoms with van der Waals surface area (Å²) in [5.74, 6) is 0.977. The number of aromatic nitrogens is 3. The molecule has 0 spiro atoms. The number of nitrogens with zero attached hydrogens (tertiary/aromatic N) is 3. The Morgan fingerprint density at radius 2 is 2.04 bits per heavy atom. The van der Waals surface area contributed by atoms with E-state index < -0.39 is 0 Å². The second kappa shape index (κ2) is 9.37. The molecule has 0 atom stereocenters.